The number of carbonyl (C=O) groups is 1. The summed E-state index contributed by atoms with van der Waals surface area (Å²) in [5, 5.41) is 2.96. The van der Waals surface area contributed by atoms with Gasteiger partial charge in [0.2, 0.25) is 0 Å². The van der Waals surface area contributed by atoms with Crippen molar-refractivity contribution in [1.82, 2.24) is 4.98 Å². The van der Waals surface area contributed by atoms with E-state index in [-0.39, 0.29) is 5.91 Å². The average molecular weight is 297 g/mol. The molecular formula is C18H23N3O. The van der Waals surface area contributed by atoms with Gasteiger partial charge in [0.15, 0.2) is 0 Å². The lowest BCUT2D eigenvalue weighted by molar-refractivity contribution is 0.102. The number of pyridine rings is 1. The number of aromatic nitrogens is 1. The third kappa shape index (κ3) is 3.64. The minimum Gasteiger partial charge on any atom is -0.371 e. The first-order valence-electron chi connectivity index (χ1n) is 7.63. The van der Waals surface area contributed by atoms with Crippen LogP contribution in [0.5, 0.6) is 0 Å². The molecule has 22 heavy (non-hydrogen) atoms. The number of aryl methyl sites for hydroxylation is 2. The Morgan fingerprint density at radius 3 is 2.50 bits per heavy atom. The molecule has 0 atom stereocenters. The second kappa shape index (κ2) is 7.07. The SMILES string of the molecule is CCN(CC)c1cncc(C(=O)Nc2ccc(C)cc2C)c1. The van der Waals surface area contributed by atoms with Gasteiger partial charge in [-0.2, -0.15) is 0 Å². The van der Waals surface area contributed by atoms with E-state index in [4.69, 9.17) is 0 Å². The van der Waals surface area contributed by atoms with Gasteiger partial charge in [0.05, 0.1) is 17.4 Å². The first-order chi connectivity index (χ1) is 10.5. The largest absolute Gasteiger partial charge is 0.371 e. The van der Waals surface area contributed by atoms with Crippen LogP contribution in [0.25, 0.3) is 0 Å². The number of carbonyl (C=O) groups excluding carboxylic acids is 1. The van der Waals surface area contributed by atoms with Crippen LogP contribution in [0.3, 0.4) is 0 Å². The van der Waals surface area contributed by atoms with Crippen LogP contribution in [0.15, 0.2) is 36.7 Å². The van der Waals surface area contributed by atoms with E-state index in [1.54, 1.807) is 12.4 Å². The second-order valence-corrected chi connectivity index (χ2v) is 5.38. The first-order valence-corrected chi connectivity index (χ1v) is 7.63. The highest BCUT2D eigenvalue weighted by Crippen LogP contribution is 2.19. The quantitative estimate of drug-likeness (QED) is 0.913. The molecular weight excluding hydrogens is 274 g/mol. The van der Waals surface area contributed by atoms with Crippen molar-refractivity contribution in [2.75, 3.05) is 23.3 Å². The van der Waals surface area contributed by atoms with Crippen molar-refractivity contribution in [2.45, 2.75) is 27.7 Å². The van der Waals surface area contributed by atoms with Crippen molar-refractivity contribution in [2.24, 2.45) is 0 Å². The van der Waals surface area contributed by atoms with Gasteiger partial charge >= 0.3 is 0 Å². The maximum atomic E-state index is 12.4. The minimum atomic E-state index is -0.131. The molecule has 4 nitrogen and oxygen atoms in total. The Kier molecular flexibility index (Phi) is 5.15. The number of hydrogen-bond acceptors (Lipinski definition) is 3. The molecule has 0 aliphatic heterocycles. The number of nitrogens with one attached hydrogen (secondary N) is 1. The Balaban J connectivity index is 2.21. The van der Waals surface area contributed by atoms with Gasteiger partial charge in [-0.15, -0.1) is 0 Å². The molecule has 2 aromatic rings. The van der Waals surface area contributed by atoms with E-state index in [0.29, 0.717) is 5.56 Å². The third-order valence-corrected chi connectivity index (χ3v) is 3.74. The van der Waals surface area contributed by atoms with Crippen LogP contribution < -0.4 is 10.2 Å². The van der Waals surface area contributed by atoms with Crippen molar-refractivity contribution in [3.63, 3.8) is 0 Å². The van der Waals surface area contributed by atoms with E-state index in [1.807, 2.05) is 32.0 Å². The van der Waals surface area contributed by atoms with Crippen LogP contribution in [0, 0.1) is 13.8 Å². The standard InChI is InChI=1S/C18H23N3O/c1-5-21(6-2)16-10-15(11-19-12-16)18(22)20-17-8-7-13(3)9-14(17)4/h7-12H,5-6H2,1-4H3,(H,20,22). The lowest BCUT2D eigenvalue weighted by Crippen LogP contribution is -2.22. The molecule has 1 aromatic heterocycles. The molecule has 0 aliphatic carbocycles. The molecule has 0 saturated heterocycles. The average Bonchev–Trinajstić information content (AvgIpc) is 2.51. The maximum Gasteiger partial charge on any atom is 0.257 e. The predicted molar refractivity (Wildman–Crippen MR) is 91.7 cm³/mol. The molecule has 0 radical (unpaired) electrons. The highest BCUT2D eigenvalue weighted by atomic mass is 16.1. The lowest BCUT2D eigenvalue weighted by atomic mass is 10.1. The molecule has 2 rings (SSSR count). The zero-order chi connectivity index (χ0) is 16.1. The highest BCUT2D eigenvalue weighted by molar-refractivity contribution is 6.04. The Labute approximate surface area is 132 Å². The summed E-state index contributed by atoms with van der Waals surface area (Å²) < 4.78 is 0. The van der Waals surface area contributed by atoms with Crippen LogP contribution in [0.4, 0.5) is 11.4 Å². The van der Waals surface area contributed by atoms with Gasteiger partial charge in [-0.1, -0.05) is 17.7 Å². The maximum absolute atomic E-state index is 12.4. The molecule has 0 fully saturated rings. The van der Waals surface area contributed by atoms with Gasteiger partial charge in [-0.3, -0.25) is 9.78 Å². The summed E-state index contributed by atoms with van der Waals surface area (Å²) in [5.74, 6) is -0.131. The molecule has 1 aromatic carbocycles. The first kappa shape index (κ1) is 16.0. The number of hydrogen-bond donors (Lipinski definition) is 1. The van der Waals surface area contributed by atoms with Crippen LogP contribution in [0.1, 0.15) is 35.3 Å². The molecule has 0 aliphatic rings. The van der Waals surface area contributed by atoms with Crippen LogP contribution in [-0.2, 0) is 0 Å². The zero-order valence-electron chi connectivity index (χ0n) is 13.7. The lowest BCUT2D eigenvalue weighted by Gasteiger charge is -2.21. The summed E-state index contributed by atoms with van der Waals surface area (Å²) in [6, 6.07) is 7.87. The predicted octanol–water partition coefficient (Wildman–Crippen LogP) is 3.80. The van der Waals surface area contributed by atoms with E-state index < -0.39 is 0 Å². The number of anilines is 2. The van der Waals surface area contributed by atoms with Gasteiger partial charge in [0.25, 0.3) is 5.91 Å². The fourth-order valence-corrected chi connectivity index (χ4v) is 2.46. The van der Waals surface area contributed by atoms with Crippen molar-refractivity contribution < 1.29 is 4.79 Å². The molecule has 0 saturated carbocycles. The molecule has 0 unspecified atom stereocenters. The monoisotopic (exact) mass is 297 g/mol. The van der Waals surface area contributed by atoms with E-state index in [0.717, 1.165) is 30.0 Å². The minimum absolute atomic E-state index is 0.131. The van der Waals surface area contributed by atoms with Gasteiger partial charge < -0.3 is 10.2 Å². The molecule has 4 heteroatoms. The van der Waals surface area contributed by atoms with E-state index in [9.17, 15) is 4.79 Å². The summed E-state index contributed by atoms with van der Waals surface area (Å²) in [6.45, 7) is 9.99. The van der Waals surface area contributed by atoms with Gasteiger partial charge in [0.1, 0.15) is 0 Å². The smallest absolute Gasteiger partial charge is 0.257 e. The molecule has 1 heterocycles. The molecule has 0 spiro atoms. The number of rotatable bonds is 5. The van der Waals surface area contributed by atoms with E-state index >= 15 is 0 Å². The van der Waals surface area contributed by atoms with Crippen LogP contribution in [0.2, 0.25) is 0 Å². The summed E-state index contributed by atoms with van der Waals surface area (Å²) in [7, 11) is 0. The Hall–Kier alpha value is -2.36. The van der Waals surface area contributed by atoms with Crippen LogP contribution in [-0.4, -0.2) is 24.0 Å². The van der Waals surface area contributed by atoms with Crippen molar-refractivity contribution in [3.05, 3.63) is 53.3 Å². The Bertz CT molecular complexity index is 663. The fraction of sp³-hybridized carbons (Fsp3) is 0.333. The molecule has 116 valence electrons. The van der Waals surface area contributed by atoms with Gasteiger partial charge in [-0.25, -0.2) is 0 Å². The van der Waals surface area contributed by atoms with Crippen molar-refractivity contribution in [1.29, 1.82) is 0 Å². The summed E-state index contributed by atoms with van der Waals surface area (Å²) in [5.41, 5.74) is 4.62. The zero-order valence-corrected chi connectivity index (χ0v) is 13.7. The molecule has 0 bridgehead atoms. The second-order valence-electron chi connectivity index (χ2n) is 5.38. The van der Waals surface area contributed by atoms with Crippen LogP contribution >= 0.6 is 0 Å². The summed E-state index contributed by atoms with van der Waals surface area (Å²) in [4.78, 5) is 18.8. The Morgan fingerprint density at radius 2 is 1.86 bits per heavy atom. The Morgan fingerprint density at radius 1 is 1.14 bits per heavy atom. The van der Waals surface area contributed by atoms with E-state index in [2.05, 4.69) is 35.1 Å². The van der Waals surface area contributed by atoms with Crippen molar-refractivity contribution in [3.8, 4) is 0 Å². The number of benzene rings is 1. The normalized spacial score (nSPS) is 10.4. The summed E-state index contributed by atoms with van der Waals surface area (Å²) in [6.07, 6.45) is 3.40. The topological polar surface area (TPSA) is 45.2 Å². The molecule has 1 N–H and O–H groups in total. The highest BCUT2D eigenvalue weighted by Gasteiger charge is 2.11. The number of amides is 1. The summed E-state index contributed by atoms with van der Waals surface area (Å²) >= 11 is 0. The third-order valence-electron chi connectivity index (χ3n) is 3.74. The van der Waals surface area contributed by atoms with Crippen molar-refractivity contribution >= 4 is 17.3 Å². The molecule has 1 amide bonds. The fourth-order valence-electron chi connectivity index (χ4n) is 2.46. The van der Waals surface area contributed by atoms with Gasteiger partial charge in [-0.05, 0) is 45.4 Å². The van der Waals surface area contributed by atoms with Gasteiger partial charge in [0, 0.05) is 25.0 Å². The number of nitrogens with zero attached hydrogens (tertiary/aromatic N) is 2. The van der Waals surface area contributed by atoms with E-state index in [1.165, 1.54) is 5.56 Å².